The van der Waals surface area contributed by atoms with Gasteiger partial charge >= 0.3 is 0 Å². The zero-order chi connectivity index (χ0) is 15.1. The smallest absolute Gasteiger partial charge is 0.0409 e. The average molecular weight is 303 g/mol. The third-order valence-corrected chi connectivity index (χ3v) is 3.91. The summed E-state index contributed by atoms with van der Waals surface area (Å²) in [4.78, 5) is 2.42. The number of hydrogen-bond donors (Lipinski definition) is 1. The van der Waals surface area contributed by atoms with Crippen LogP contribution in [0.5, 0.6) is 0 Å². The fourth-order valence-corrected chi connectivity index (χ4v) is 2.58. The van der Waals surface area contributed by atoms with E-state index in [9.17, 15) is 0 Å². The van der Waals surface area contributed by atoms with Gasteiger partial charge in [0.05, 0.1) is 0 Å². The van der Waals surface area contributed by atoms with E-state index in [1.807, 2.05) is 18.2 Å². The van der Waals surface area contributed by atoms with Crippen LogP contribution >= 0.6 is 11.6 Å². The van der Waals surface area contributed by atoms with Crippen LogP contribution in [0.3, 0.4) is 0 Å². The van der Waals surface area contributed by atoms with Gasteiger partial charge in [0.15, 0.2) is 0 Å². The van der Waals surface area contributed by atoms with Crippen LogP contribution in [0.2, 0.25) is 5.02 Å². The highest BCUT2D eigenvalue weighted by atomic mass is 35.5. The molecule has 0 bridgehead atoms. The number of hydrogen-bond acceptors (Lipinski definition) is 2. The molecule has 0 fully saturated rings. The summed E-state index contributed by atoms with van der Waals surface area (Å²) < 4.78 is 0. The second kappa shape index (κ2) is 8.06. The molecule has 0 saturated carbocycles. The van der Waals surface area contributed by atoms with Crippen LogP contribution < -0.4 is 5.32 Å². The van der Waals surface area contributed by atoms with Gasteiger partial charge in [-0.25, -0.2) is 0 Å². The minimum atomic E-state index is 0.783. The highest BCUT2D eigenvalue weighted by molar-refractivity contribution is 6.30. The minimum Gasteiger partial charge on any atom is -0.381 e. The summed E-state index contributed by atoms with van der Waals surface area (Å²) in [6.45, 7) is 8.30. The maximum atomic E-state index is 6.03. The van der Waals surface area contributed by atoms with E-state index in [-0.39, 0.29) is 0 Å². The van der Waals surface area contributed by atoms with Gasteiger partial charge in [-0.1, -0.05) is 55.8 Å². The summed E-state index contributed by atoms with van der Waals surface area (Å²) in [5, 5.41) is 4.31. The Bertz CT molecular complexity index is 565. The summed E-state index contributed by atoms with van der Waals surface area (Å²) in [6.07, 6.45) is 0. The third-order valence-electron chi connectivity index (χ3n) is 3.68. The number of halogens is 1. The predicted octanol–water partition coefficient (Wildman–Crippen LogP) is 4.79. The lowest BCUT2D eigenvalue weighted by Crippen LogP contribution is -2.22. The summed E-state index contributed by atoms with van der Waals surface area (Å²) in [7, 11) is 0. The number of nitrogens with one attached hydrogen (secondary N) is 1. The van der Waals surface area contributed by atoms with Crippen molar-refractivity contribution < 1.29 is 0 Å². The first-order chi connectivity index (χ1) is 10.2. The second-order valence-electron chi connectivity index (χ2n) is 5.10. The lowest BCUT2D eigenvalue weighted by molar-refractivity contribution is 0.296. The molecule has 2 rings (SSSR count). The Morgan fingerprint density at radius 3 is 2.48 bits per heavy atom. The summed E-state index contributed by atoms with van der Waals surface area (Å²) >= 11 is 6.03. The quantitative estimate of drug-likeness (QED) is 0.791. The van der Waals surface area contributed by atoms with Crippen molar-refractivity contribution in [3.05, 3.63) is 64.7 Å². The van der Waals surface area contributed by atoms with Crippen molar-refractivity contribution >= 4 is 17.3 Å². The van der Waals surface area contributed by atoms with E-state index in [1.54, 1.807) is 0 Å². The van der Waals surface area contributed by atoms with E-state index >= 15 is 0 Å². The normalized spacial score (nSPS) is 10.9. The zero-order valence-corrected chi connectivity index (χ0v) is 13.5. The lowest BCUT2D eigenvalue weighted by Gasteiger charge is -2.20. The van der Waals surface area contributed by atoms with Gasteiger partial charge in [0, 0.05) is 23.8 Å². The third kappa shape index (κ3) is 4.76. The molecule has 3 heteroatoms. The fraction of sp³-hybridized carbons (Fsp3) is 0.333. The highest BCUT2D eigenvalue weighted by Gasteiger charge is 2.06. The Morgan fingerprint density at radius 2 is 1.76 bits per heavy atom. The average Bonchev–Trinajstić information content (AvgIpc) is 2.51. The molecule has 21 heavy (non-hydrogen) atoms. The Morgan fingerprint density at radius 1 is 1.00 bits per heavy atom. The summed E-state index contributed by atoms with van der Waals surface area (Å²) in [5.74, 6) is 0. The largest absolute Gasteiger partial charge is 0.381 e. The fourth-order valence-electron chi connectivity index (χ4n) is 2.36. The maximum Gasteiger partial charge on any atom is 0.0409 e. The summed E-state index contributed by atoms with van der Waals surface area (Å²) in [5.41, 5.74) is 3.73. The molecule has 112 valence electrons. The van der Waals surface area contributed by atoms with E-state index in [1.165, 1.54) is 16.8 Å². The monoisotopic (exact) mass is 302 g/mol. The molecule has 0 aliphatic carbocycles. The van der Waals surface area contributed by atoms with E-state index < -0.39 is 0 Å². The number of benzene rings is 2. The van der Waals surface area contributed by atoms with Crippen molar-refractivity contribution in [2.75, 3.05) is 18.4 Å². The van der Waals surface area contributed by atoms with Crippen LogP contribution in [0.1, 0.15) is 25.0 Å². The lowest BCUT2D eigenvalue weighted by atomic mass is 10.1. The molecule has 0 heterocycles. The van der Waals surface area contributed by atoms with Gasteiger partial charge < -0.3 is 5.32 Å². The van der Waals surface area contributed by atoms with Gasteiger partial charge in [0.25, 0.3) is 0 Å². The van der Waals surface area contributed by atoms with E-state index in [2.05, 4.69) is 54.4 Å². The van der Waals surface area contributed by atoms with Crippen molar-refractivity contribution in [3.63, 3.8) is 0 Å². The number of para-hydroxylation sites is 1. The van der Waals surface area contributed by atoms with Crippen LogP contribution in [-0.2, 0) is 13.1 Å². The van der Waals surface area contributed by atoms with Gasteiger partial charge in [-0.05, 0) is 42.4 Å². The molecule has 1 N–H and O–H groups in total. The van der Waals surface area contributed by atoms with Crippen molar-refractivity contribution in [2.24, 2.45) is 0 Å². The van der Waals surface area contributed by atoms with Crippen LogP contribution in [0.4, 0.5) is 5.69 Å². The first-order valence-electron chi connectivity index (χ1n) is 7.51. The molecule has 0 saturated heterocycles. The first-order valence-corrected chi connectivity index (χ1v) is 7.89. The molecule has 0 radical (unpaired) electrons. The molecule has 0 aromatic heterocycles. The van der Waals surface area contributed by atoms with Crippen LogP contribution in [0.25, 0.3) is 0 Å². The molecule has 2 nitrogen and oxygen atoms in total. The predicted molar refractivity (Wildman–Crippen MR) is 91.8 cm³/mol. The molecule has 0 amide bonds. The molecule has 0 aliphatic heterocycles. The SMILES string of the molecule is CCN(CC)Cc1ccccc1NCc1cccc(Cl)c1. The molecule has 2 aromatic carbocycles. The molecule has 0 aliphatic rings. The molecule has 0 spiro atoms. The zero-order valence-electron chi connectivity index (χ0n) is 12.8. The number of nitrogens with zero attached hydrogens (tertiary/aromatic N) is 1. The van der Waals surface area contributed by atoms with Gasteiger partial charge in [0.2, 0.25) is 0 Å². The molecule has 2 aromatic rings. The van der Waals surface area contributed by atoms with Gasteiger partial charge in [-0.2, -0.15) is 0 Å². The first kappa shape index (κ1) is 15.9. The van der Waals surface area contributed by atoms with Crippen LogP contribution in [0.15, 0.2) is 48.5 Å². The molecule has 0 unspecified atom stereocenters. The molecule has 0 atom stereocenters. The highest BCUT2D eigenvalue weighted by Crippen LogP contribution is 2.19. The van der Waals surface area contributed by atoms with Gasteiger partial charge in [0.1, 0.15) is 0 Å². The summed E-state index contributed by atoms with van der Waals surface area (Å²) in [6, 6.07) is 16.5. The van der Waals surface area contributed by atoms with Crippen LogP contribution in [-0.4, -0.2) is 18.0 Å². The van der Waals surface area contributed by atoms with E-state index in [0.717, 1.165) is 31.2 Å². The number of rotatable bonds is 7. The Kier molecular flexibility index (Phi) is 6.09. The van der Waals surface area contributed by atoms with Gasteiger partial charge in [-0.3, -0.25) is 4.90 Å². The Hall–Kier alpha value is -1.51. The molecular weight excluding hydrogens is 280 g/mol. The van der Waals surface area contributed by atoms with E-state index in [0.29, 0.717) is 0 Å². The van der Waals surface area contributed by atoms with Crippen molar-refractivity contribution in [1.29, 1.82) is 0 Å². The van der Waals surface area contributed by atoms with Crippen molar-refractivity contribution in [1.82, 2.24) is 4.90 Å². The maximum absolute atomic E-state index is 6.03. The van der Waals surface area contributed by atoms with E-state index in [4.69, 9.17) is 11.6 Å². The second-order valence-corrected chi connectivity index (χ2v) is 5.54. The minimum absolute atomic E-state index is 0.783. The standard InChI is InChI=1S/C18H23ClN2/c1-3-21(4-2)14-16-9-5-6-11-18(16)20-13-15-8-7-10-17(19)12-15/h5-12,20H,3-4,13-14H2,1-2H3. The van der Waals surface area contributed by atoms with Crippen molar-refractivity contribution in [3.8, 4) is 0 Å². The topological polar surface area (TPSA) is 15.3 Å². The van der Waals surface area contributed by atoms with Crippen molar-refractivity contribution in [2.45, 2.75) is 26.9 Å². The number of anilines is 1. The molecular formula is C18H23ClN2. The Labute approximate surface area is 132 Å². The Balaban J connectivity index is 2.06. The van der Waals surface area contributed by atoms with Crippen LogP contribution in [0, 0.1) is 0 Å². The van der Waals surface area contributed by atoms with Gasteiger partial charge in [-0.15, -0.1) is 0 Å².